The molecule has 10 nitrogen and oxygen atoms in total. The van der Waals surface area contributed by atoms with E-state index in [1.807, 2.05) is 12.1 Å². The van der Waals surface area contributed by atoms with Crippen LogP contribution in [-0.2, 0) is 44.7 Å². The highest BCUT2D eigenvalue weighted by Crippen LogP contribution is 2.28. The zero-order valence-corrected chi connectivity index (χ0v) is 17.2. The smallest absolute Gasteiger partial charge is 0.303 e. The Labute approximate surface area is 173 Å². The molecule has 2 rings (SSSR count). The molecule has 0 spiro atoms. The van der Waals surface area contributed by atoms with Crippen molar-refractivity contribution in [1.82, 2.24) is 0 Å². The third-order valence-electron chi connectivity index (χ3n) is 4.23. The number of carbonyl (C=O) groups excluding carboxylic acids is 3. The fourth-order valence-electron chi connectivity index (χ4n) is 3.02. The maximum absolute atomic E-state index is 11.6. The van der Waals surface area contributed by atoms with E-state index in [2.05, 4.69) is 0 Å². The Morgan fingerprint density at radius 3 is 1.97 bits per heavy atom. The van der Waals surface area contributed by atoms with Crippen molar-refractivity contribution in [3.8, 4) is 5.75 Å². The van der Waals surface area contributed by atoms with Gasteiger partial charge in [0.15, 0.2) is 24.6 Å². The minimum Gasteiger partial charge on any atom is -0.497 e. The monoisotopic (exact) mass is 426 g/mol. The van der Waals surface area contributed by atoms with Gasteiger partial charge in [0.05, 0.1) is 20.3 Å². The van der Waals surface area contributed by atoms with E-state index in [1.54, 1.807) is 19.2 Å². The van der Waals surface area contributed by atoms with E-state index in [9.17, 15) is 19.5 Å². The molecule has 1 aliphatic heterocycles. The Kier molecular flexibility index (Phi) is 8.58. The Morgan fingerprint density at radius 1 is 0.900 bits per heavy atom. The Morgan fingerprint density at radius 2 is 1.43 bits per heavy atom. The first-order chi connectivity index (χ1) is 14.2. The second kappa shape index (κ2) is 10.9. The van der Waals surface area contributed by atoms with Crippen LogP contribution >= 0.6 is 0 Å². The molecule has 0 aromatic heterocycles. The first-order valence-electron chi connectivity index (χ1n) is 9.27. The van der Waals surface area contributed by atoms with Crippen molar-refractivity contribution < 1.29 is 47.9 Å². The van der Waals surface area contributed by atoms with Crippen LogP contribution in [0.1, 0.15) is 26.3 Å². The van der Waals surface area contributed by atoms with Crippen molar-refractivity contribution in [1.29, 1.82) is 0 Å². The predicted octanol–water partition coefficient (Wildman–Crippen LogP) is 0.724. The van der Waals surface area contributed by atoms with Crippen LogP contribution in [0.2, 0.25) is 0 Å². The lowest BCUT2D eigenvalue weighted by molar-refractivity contribution is -0.297. The van der Waals surface area contributed by atoms with Gasteiger partial charge in [0.1, 0.15) is 11.9 Å². The summed E-state index contributed by atoms with van der Waals surface area (Å²) in [5, 5.41) is 10.3. The number of aliphatic hydroxyl groups is 1. The summed E-state index contributed by atoms with van der Waals surface area (Å²) in [6, 6.07) is 7.19. The maximum Gasteiger partial charge on any atom is 0.303 e. The van der Waals surface area contributed by atoms with Crippen molar-refractivity contribution >= 4 is 17.9 Å². The van der Waals surface area contributed by atoms with Crippen LogP contribution in [0.3, 0.4) is 0 Å². The average molecular weight is 426 g/mol. The van der Waals surface area contributed by atoms with Gasteiger partial charge in [-0.3, -0.25) is 14.4 Å². The number of ether oxygens (including phenoxy) is 6. The first kappa shape index (κ1) is 23.6. The number of carbonyl (C=O) groups is 3. The maximum atomic E-state index is 11.6. The summed E-state index contributed by atoms with van der Waals surface area (Å²) in [4.78, 5) is 34.6. The third kappa shape index (κ3) is 6.68. The van der Waals surface area contributed by atoms with Gasteiger partial charge in [0.25, 0.3) is 0 Å². The van der Waals surface area contributed by atoms with E-state index in [0.29, 0.717) is 5.75 Å². The first-order valence-corrected chi connectivity index (χ1v) is 9.27. The Bertz CT molecular complexity index is 732. The minimum atomic E-state index is -1.61. The second-order valence-electron chi connectivity index (χ2n) is 6.65. The standard InChI is InChI=1S/C20H26O10/c1-11(21)27-17-16(10-26-9-14-5-7-15(25-4)8-6-14)30-20(24)19(29-13(3)23)18(17)28-12(2)22/h5-8,16-20,24H,9-10H2,1-4H3/t16-,17-,18+,19-,20+/m1/s1. The lowest BCUT2D eigenvalue weighted by atomic mass is 9.98. The van der Waals surface area contributed by atoms with Crippen LogP contribution in [0.25, 0.3) is 0 Å². The van der Waals surface area contributed by atoms with Crippen LogP contribution < -0.4 is 4.74 Å². The van der Waals surface area contributed by atoms with E-state index in [0.717, 1.165) is 19.4 Å². The molecule has 30 heavy (non-hydrogen) atoms. The van der Waals surface area contributed by atoms with E-state index in [1.165, 1.54) is 6.92 Å². The largest absolute Gasteiger partial charge is 0.497 e. The molecule has 1 aliphatic rings. The lowest BCUT2D eigenvalue weighted by Gasteiger charge is -2.42. The number of methoxy groups -OCH3 is 1. The summed E-state index contributed by atoms with van der Waals surface area (Å²) in [6.07, 6.45) is -6.38. The third-order valence-corrected chi connectivity index (χ3v) is 4.23. The van der Waals surface area contributed by atoms with E-state index >= 15 is 0 Å². The molecule has 1 heterocycles. The molecule has 5 atom stereocenters. The van der Waals surface area contributed by atoms with Gasteiger partial charge in [0.2, 0.25) is 0 Å². The van der Waals surface area contributed by atoms with Gasteiger partial charge in [-0.25, -0.2) is 0 Å². The molecule has 10 heteroatoms. The van der Waals surface area contributed by atoms with Gasteiger partial charge in [-0.05, 0) is 17.7 Å². The molecule has 166 valence electrons. The van der Waals surface area contributed by atoms with Crippen molar-refractivity contribution in [2.24, 2.45) is 0 Å². The summed E-state index contributed by atoms with van der Waals surface area (Å²) in [7, 11) is 1.56. The number of rotatable bonds is 8. The predicted molar refractivity (Wildman–Crippen MR) is 100 cm³/mol. The zero-order valence-electron chi connectivity index (χ0n) is 17.2. The number of benzene rings is 1. The SMILES string of the molecule is COc1ccc(COC[C@H]2O[C@H](O)[C@H](OC(C)=O)[C@@H](OC(C)=O)[C@@H]2OC(C)=O)cc1. The summed E-state index contributed by atoms with van der Waals surface area (Å²) >= 11 is 0. The summed E-state index contributed by atoms with van der Waals surface area (Å²) < 4.78 is 31.7. The van der Waals surface area contributed by atoms with Crippen molar-refractivity contribution in [3.63, 3.8) is 0 Å². The summed E-state index contributed by atoms with van der Waals surface area (Å²) in [5.74, 6) is -1.40. The number of hydrogen-bond acceptors (Lipinski definition) is 10. The summed E-state index contributed by atoms with van der Waals surface area (Å²) in [6.45, 7) is 3.56. The lowest BCUT2D eigenvalue weighted by Crippen LogP contribution is -2.62. The van der Waals surface area contributed by atoms with Crippen molar-refractivity contribution in [2.45, 2.75) is 58.1 Å². The molecule has 0 aliphatic carbocycles. The fourth-order valence-corrected chi connectivity index (χ4v) is 3.02. The van der Waals surface area contributed by atoms with E-state index in [4.69, 9.17) is 28.4 Å². The van der Waals surface area contributed by atoms with Gasteiger partial charge in [-0.2, -0.15) is 0 Å². The fraction of sp³-hybridized carbons (Fsp3) is 0.550. The molecule has 1 fully saturated rings. The minimum absolute atomic E-state index is 0.0917. The van der Waals surface area contributed by atoms with Crippen LogP contribution in [0.4, 0.5) is 0 Å². The van der Waals surface area contributed by atoms with Gasteiger partial charge in [-0.15, -0.1) is 0 Å². The van der Waals surface area contributed by atoms with E-state index < -0.39 is 48.6 Å². The molecule has 0 amide bonds. The van der Waals surface area contributed by atoms with Gasteiger partial charge < -0.3 is 33.5 Å². The molecule has 0 radical (unpaired) electrons. The van der Waals surface area contributed by atoms with Crippen molar-refractivity contribution in [2.75, 3.05) is 13.7 Å². The van der Waals surface area contributed by atoms with Crippen LogP contribution in [0.5, 0.6) is 5.75 Å². The van der Waals surface area contributed by atoms with Crippen molar-refractivity contribution in [3.05, 3.63) is 29.8 Å². The number of aliphatic hydroxyl groups excluding tert-OH is 1. The zero-order chi connectivity index (χ0) is 22.3. The second-order valence-corrected chi connectivity index (χ2v) is 6.65. The quantitative estimate of drug-likeness (QED) is 0.469. The number of hydrogen-bond donors (Lipinski definition) is 1. The van der Waals surface area contributed by atoms with Crippen LogP contribution in [0, 0.1) is 0 Å². The molecular formula is C20H26O10. The molecule has 1 saturated heterocycles. The molecule has 0 unspecified atom stereocenters. The molecule has 0 saturated carbocycles. The van der Waals surface area contributed by atoms with Gasteiger partial charge >= 0.3 is 17.9 Å². The molecular weight excluding hydrogens is 400 g/mol. The normalized spacial score (nSPS) is 25.8. The highest BCUT2D eigenvalue weighted by molar-refractivity contribution is 5.68. The van der Waals surface area contributed by atoms with Gasteiger partial charge in [0, 0.05) is 20.8 Å². The average Bonchev–Trinajstić information content (AvgIpc) is 2.67. The topological polar surface area (TPSA) is 127 Å². The van der Waals surface area contributed by atoms with E-state index in [-0.39, 0.29) is 13.2 Å². The number of esters is 3. The summed E-state index contributed by atoms with van der Waals surface area (Å²) in [5.41, 5.74) is 0.852. The van der Waals surface area contributed by atoms with Crippen LogP contribution in [0.15, 0.2) is 24.3 Å². The highest BCUT2D eigenvalue weighted by Gasteiger charge is 2.51. The Balaban J connectivity index is 2.13. The molecule has 1 aromatic rings. The Hall–Kier alpha value is -2.69. The van der Waals surface area contributed by atoms with Crippen LogP contribution in [-0.4, -0.2) is 67.4 Å². The highest BCUT2D eigenvalue weighted by atomic mass is 16.7. The van der Waals surface area contributed by atoms with Gasteiger partial charge in [-0.1, -0.05) is 12.1 Å². The molecule has 0 bridgehead atoms. The molecule has 1 N–H and O–H groups in total. The molecule has 1 aromatic carbocycles.